The fourth-order valence-electron chi connectivity index (χ4n) is 6.44. The van der Waals surface area contributed by atoms with Crippen LogP contribution in [0.25, 0.3) is 10.9 Å². The van der Waals surface area contributed by atoms with Gasteiger partial charge in [0.05, 0.1) is 30.3 Å². The molecule has 2 atom stereocenters. The average molecular weight is 496 g/mol. The molecule has 3 heterocycles. The Bertz CT molecular complexity index is 1390. The van der Waals surface area contributed by atoms with Crippen molar-refractivity contribution in [3.05, 3.63) is 88.6 Å². The van der Waals surface area contributed by atoms with Crippen molar-refractivity contribution in [3.63, 3.8) is 0 Å². The molecule has 6 nitrogen and oxygen atoms in total. The molecule has 0 saturated heterocycles. The van der Waals surface area contributed by atoms with Gasteiger partial charge in [-0.05, 0) is 86.4 Å². The number of methoxy groups -OCH3 is 1. The van der Waals surface area contributed by atoms with E-state index in [9.17, 15) is 9.59 Å². The zero-order valence-electron chi connectivity index (χ0n) is 21.4. The lowest BCUT2D eigenvalue weighted by Crippen LogP contribution is -2.38. The van der Waals surface area contributed by atoms with Gasteiger partial charge in [0.2, 0.25) is 0 Å². The van der Waals surface area contributed by atoms with Crippen LogP contribution in [-0.2, 0) is 4.74 Å². The SMILES string of the molecule is COC(=O)c1ccc2c(c1)C1C=CC2N1CCC1CCC(NC(=O)c2cccc3nc(C)ccc23)CC1. The van der Waals surface area contributed by atoms with Crippen molar-refractivity contribution in [1.29, 1.82) is 0 Å². The van der Waals surface area contributed by atoms with Crippen LogP contribution in [0.1, 0.15) is 81.7 Å². The van der Waals surface area contributed by atoms with Gasteiger partial charge in [0.25, 0.3) is 5.91 Å². The predicted molar refractivity (Wildman–Crippen MR) is 143 cm³/mol. The summed E-state index contributed by atoms with van der Waals surface area (Å²) in [7, 11) is 1.43. The van der Waals surface area contributed by atoms with Crippen LogP contribution in [-0.4, -0.2) is 41.5 Å². The highest BCUT2D eigenvalue weighted by atomic mass is 16.5. The van der Waals surface area contributed by atoms with E-state index in [0.717, 1.165) is 55.2 Å². The number of carbonyl (C=O) groups is 2. The third-order valence-corrected chi connectivity index (χ3v) is 8.43. The van der Waals surface area contributed by atoms with Gasteiger partial charge in [-0.15, -0.1) is 0 Å². The monoisotopic (exact) mass is 495 g/mol. The number of amides is 1. The van der Waals surface area contributed by atoms with Crippen molar-refractivity contribution < 1.29 is 14.3 Å². The van der Waals surface area contributed by atoms with E-state index in [1.807, 2.05) is 49.4 Å². The molecule has 1 saturated carbocycles. The molecule has 6 rings (SSSR count). The lowest BCUT2D eigenvalue weighted by Gasteiger charge is -2.31. The number of nitrogens with zero attached hydrogens (tertiary/aromatic N) is 2. The summed E-state index contributed by atoms with van der Waals surface area (Å²) in [5.41, 5.74) is 5.70. The Kier molecular flexibility index (Phi) is 6.29. The first-order chi connectivity index (χ1) is 18.0. The van der Waals surface area contributed by atoms with E-state index < -0.39 is 0 Å². The minimum Gasteiger partial charge on any atom is -0.465 e. The van der Waals surface area contributed by atoms with Crippen molar-refractivity contribution in [2.45, 2.75) is 57.2 Å². The van der Waals surface area contributed by atoms with Gasteiger partial charge in [0.1, 0.15) is 0 Å². The number of fused-ring (bicyclic) bond motifs is 6. The van der Waals surface area contributed by atoms with Gasteiger partial charge in [-0.2, -0.15) is 0 Å². The number of aryl methyl sites for hydroxylation is 1. The third kappa shape index (κ3) is 4.44. The van der Waals surface area contributed by atoms with Crippen LogP contribution in [0.4, 0.5) is 0 Å². The molecule has 37 heavy (non-hydrogen) atoms. The van der Waals surface area contributed by atoms with Gasteiger partial charge in [-0.25, -0.2) is 4.79 Å². The Morgan fingerprint density at radius 2 is 1.78 bits per heavy atom. The number of aromatic nitrogens is 1. The lowest BCUT2D eigenvalue weighted by molar-refractivity contribution is 0.0600. The molecule has 1 aliphatic carbocycles. The molecule has 2 bridgehead atoms. The molecule has 1 amide bonds. The van der Waals surface area contributed by atoms with Crippen molar-refractivity contribution >= 4 is 22.8 Å². The van der Waals surface area contributed by atoms with E-state index in [0.29, 0.717) is 23.1 Å². The second-order valence-corrected chi connectivity index (χ2v) is 10.7. The number of pyridine rings is 1. The number of ether oxygens (including phenoxy) is 1. The molecule has 3 aliphatic rings. The summed E-state index contributed by atoms with van der Waals surface area (Å²) in [6, 6.07) is 16.5. The first kappa shape index (κ1) is 23.9. The molecule has 0 radical (unpaired) electrons. The smallest absolute Gasteiger partial charge is 0.337 e. The molecule has 2 aliphatic heterocycles. The standard InChI is InChI=1S/C31H33N3O3/c1-19-6-12-23-25(4-3-5-27(23)32-19)30(35)33-22-10-7-20(8-11-22)16-17-34-28-14-15-29(34)26-18-21(31(36)37-2)9-13-24(26)28/h3-6,9,12-15,18,20,22,28-29H,7-8,10-11,16-17H2,1-2H3,(H,33,35). The van der Waals surface area contributed by atoms with Gasteiger partial charge >= 0.3 is 5.97 Å². The number of carbonyl (C=O) groups excluding carboxylic acids is 2. The maximum atomic E-state index is 13.1. The van der Waals surface area contributed by atoms with Crippen LogP contribution in [0.2, 0.25) is 0 Å². The number of benzene rings is 2. The summed E-state index contributed by atoms with van der Waals surface area (Å²) in [5, 5.41) is 4.20. The number of esters is 1. The number of rotatable bonds is 6. The molecule has 1 fully saturated rings. The maximum Gasteiger partial charge on any atom is 0.337 e. The van der Waals surface area contributed by atoms with Crippen molar-refractivity contribution in [2.24, 2.45) is 5.92 Å². The molecule has 1 aromatic heterocycles. The molecular formula is C31H33N3O3. The fraction of sp³-hybridized carbons (Fsp3) is 0.387. The normalized spacial score (nSPS) is 24.3. The Hall–Kier alpha value is -3.51. The first-order valence-electron chi connectivity index (χ1n) is 13.4. The Morgan fingerprint density at radius 3 is 2.57 bits per heavy atom. The molecule has 2 aromatic carbocycles. The summed E-state index contributed by atoms with van der Waals surface area (Å²) in [6.07, 6.45) is 10.0. The van der Waals surface area contributed by atoms with E-state index in [-0.39, 0.29) is 24.0 Å². The quantitative estimate of drug-likeness (QED) is 0.352. The van der Waals surface area contributed by atoms with Crippen LogP contribution in [0.5, 0.6) is 0 Å². The van der Waals surface area contributed by atoms with E-state index in [1.165, 1.54) is 18.2 Å². The van der Waals surface area contributed by atoms with Crippen LogP contribution in [0.15, 0.2) is 60.7 Å². The molecule has 190 valence electrons. The van der Waals surface area contributed by atoms with E-state index in [2.05, 4.69) is 33.4 Å². The van der Waals surface area contributed by atoms with Crippen LogP contribution < -0.4 is 5.32 Å². The second-order valence-electron chi connectivity index (χ2n) is 10.7. The first-order valence-corrected chi connectivity index (χ1v) is 13.4. The number of hydrogen-bond donors (Lipinski definition) is 1. The van der Waals surface area contributed by atoms with Crippen LogP contribution in [0, 0.1) is 12.8 Å². The van der Waals surface area contributed by atoms with Gasteiger partial charge in [0.15, 0.2) is 0 Å². The molecule has 3 aromatic rings. The van der Waals surface area contributed by atoms with Gasteiger partial charge in [-0.3, -0.25) is 14.7 Å². The van der Waals surface area contributed by atoms with Crippen molar-refractivity contribution in [2.75, 3.05) is 13.7 Å². The highest BCUT2D eigenvalue weighted by molar-refractivity contribution is 6.06. The summed E-state index contributed by atoms with van der Waals surface area (Å²) in [6.45, 7) is 3.00. The molecule has 1 N–H and O–H groups in total. The van der Waals surface area contributed by atoms with Gasteiger partial charge in [0, 0.05) is 29.2 Å². The maximum absolute atomic E-state index is 13.1. The third-order valence-electron chi connectivity index (χ3n) is 8.43. The predicted octanol–water partition coefficient (Wildman–Crippen LogP) is 5.68. The van der Waals surface area contributed by atoms with Crippen LogP contribution in [0.3, 0.4) is 0 Å². The summed E-state index contributed by atoms with van der Waals surface area (Å²) in [4.78, 5) is 32.2. The molecular weight excluding hydrogens is 462 g/mol. The molecule has 6 heteroatoms. The Balaban J connectivity index is 1.02. The van der Waals surface area contributed by atoms with E-state index in [4.69, 9.17) is 4.74 Å². The highest BCUT2D eigenvalue weighted by Gasteiger charge is 2.40. The van der Waals surface area contributed by atoms with Crippen molar-refractivity contribution in [3.8, 4) is 0 Å². The van der Waals surface area contributed by atoms with Gasteiger partial charge < -0.3 is 10.1 Å². The van der Waals surface area contributed by atoms with Crippen LogP contribution >= 0.6 is 0 Å². The lowest BCUT2D eigenvalue weighted by atomic mass is 9.84. The summed E-state index contributed by atoms with van der Waals surface area (Å²) < 4.78 is 4.91. The summed E-state index contributed by atoms with van der Waals surface area (Å²) in [5.74, 6) is 0.396. The molecule has 0 spiro atoms. The zero-order valence-corrected chi connectivity index (χ0v) is 21.4. The van der Waals surface area contributed by atoms with E-state index in [1.54, 1.807) is 0 Å². The Morgan fingerprint density at radius 1 is 1.00 bits per heavy atom. The van der Waals surface area contributed by atoms with E-state index >= 15 is 0 Å². The minimum atomic E-state index is -0.280. The van der Waals surface area contributed by atoms with Crippen molar-refractivity contribution in [1.82, 2.24) is 15.2 Å². The fourth-order valence-corrected chi connectivity index (χ4v) is 6.44. The average Bonchev–Trinajstić information content (AvgIpc) is 3.47. The summed E-state index contributed by atoms with van der Waals surface area (Å²) >= 11 is 0. The second kappa shape index (κ2) is 9.75. The number of nitrogens with one attached hydrogen (secondary N) is 1. The largest absolute Gasteiger partial charge is 0.465 e. The number of hydrogen-bond acceptors (Lipinski definition) is 5. The molecule has 2 unspecified atom stereocenters. The highest BCUT2D eigenvalue weighted by Crippen LogP contribution is 2.49. The Labute approximate surface area is 217 Å². The minimum absolute atomic E-state index is 0.00325. The topological polar surface area (TPSA) is 71.5 Å². The van der Waals surface area contributed by atoms with Gasteiger partial charge in [-0.1, -0.05) is 30.4 Å². The zero-order chi connectivity index (χ0) is 25.5.